The molecule has 0 aliphatic carbocycles. The summed E-state index contributed by atoms with van der Waals surface area (Å²) in [5.74, 6) is -0.603. The lowest BCUT2D eigenvalue weighted by molar-refractivity contribution is -0.141. The monoisotopic (exact) mass is 268 g/mol. The van der Waals surface area contributed by atoms with Gasteiger partial charge in [-0.25, -0.2) is 9.78 Å². The number of H-pyrrole nitrogens is 1. The van der Waals surface area contributed by atoms with E-state index in [0.717, 1.165) is 12.2 Å². The minimum absolute atomic E-state index is 0.149. The Kier molecular flexibility index (Phi) is 6.42. The molecule has 1 aromatic heterocycles. The van der Waals surface area contributed by atoms with Crippen molar-refractivity contribution in [3.05, 3.63) is 18.2 Å². The molecule has 1 heterocycles. The molecule has 0 bridgehead atoms. The summed E-state index contributed by atoms with van der Waals surface area (Å²) in [7, 11) is 0. The standard InChI is InChI=1S/C12H20N4O3/c1-2-3-9(11(17)18)8-16-12(19)15-5-4-10-13-6-7-14-10/h6-7,9H,2-5,8H2,1H3,(H,13,14)(H,17,18)(H2,15,16,19). The van der Waals surface area contributed by atoms with E-state index in [2.05, 4.69) is 20.6 Å². The summed E-state index contributed by atoms with van der Waals surface area (Å²) < 4.78 is 0. The molecule has 106 valence electrons. The Hall–Kier alpha value is -2.05. The first kappa shape index (κ1) is 15.0. The van der Waals surface area contributed by atoms with Crippen molar-refractivity contribution in [3.63, 3.8) is 0 Å². The average molecular weight is 268 g/mol. The molecule has 7 heteroatoms. The van der Waals surface area contributed by atoms with Crippen molar-refractivity contribution in [2.75, 3.05) is 13.1 Å². The number of carboxylic acid groups (broad SMARTS) is 1. The topological polar surface area (TPSA) is 107 Å². The normalized spacial score (nSPS) is 11.8. The van der Waals surface area contributed by atoms with Crippen LogP contribution in [0.1, 0.15) is 25.6 Å². The van der Waals surface area contributed by atoms with Gasteiger partial charge in [0.25, 0.3) is 0 Å². The fourth-order valence-electron chi connectivity index (χ4n) is 1.67. The lowest BCUT2D eigenvalue weighted by Crippen LogP contribution is -2.40. The number of aromatic nitrogens is 2. The Morgan fingerprint density at radius 2 is 2.26 bits per heavy atom. The maximum atomic E-state index is 11.5. The van der Waals surface area contributed by atoms with Crippen molar-refractivity contribution in [1.29, 1.82) is 0 Å². The first-order valence-electron chi connectivity index (χ1n) is 6.36. The van der Waals surface area contributed by atoms with Gasteiger partial charge in [-0.15, -0.1) is 0 Å². The second-order valence-electron chi connectivity index (χ2n) is 4.25. The first-order chi connectivity index (χ1) is 9.13. The number of carbonyl (C=O) groups excluding carboxylic acids is 1. The Bertz CT molecular complexity index is 392. The van der Waals surface area contributed by atoms with Gasteiger partial charge in [-0.1, -0.05) is 13.3 Å². The highest BCUT2D eigenvalue weighted by molar-refractivity contribution is 5.75. The maximum Gasteiger partial charge on any atom is 0.314 e. The number of nitrogens with zero attached hydrogens (tertiary/aromatic N) is 1. The van der Waals surface area contributed by atoms with E-state index in [9.17, 15) is 9.59 Å². The van der Waals surface area contributed by atoms with Crippen LogP contribution in [0.3, 0.4) is 0 Å². The number of imidazole rings is 1. The summed E-state index contributed by atoms with van der Waals surface area (Å²) >= 11 is 0. The Labute approximate surface area is 111 Å². The molecule has 1 aromatic rings. The van der Waals surface area contributed by atoms with Crippen LogP contribution in [0, 0.1) is 5.92 Å². The molecule has 0 fully saturated rings. The molecular weight excluding hydrogens is 248 g/mol. The summed E-state index contributed by atoms with van der Waals surface area (Å²) in [6, 6.07) is -0.353. The Morgan fingerprint density at radius 3 is 2.84 bits per heavy atom. The smallest absolute Gasteiger partial charge is 0.314 e. The predicted octanol–water partition coefficient (Wildman–Crippen LogP) is 0.752. The summed E-state index contributed by atoms with van der Waals surface area (Å²) in [6.45, 7) is 2.51. The molecule has 0 spiro atoms. The third kappa shape index (κ3) is 5.89. The van der Waals surface area contributed by atoms with Crippen LogP contribution in [-0.4, -0.2) is 40.2 Å². The second-order valence-corrected chi connectivity index (χ2v) is 4.25. The zero-order valence-electron chi connectivity index (χ0n) is 11.0. The van der Waals surface area contributed by atoms with Gasteiger partial charge in [0.2, 0.25) is 0 Å². The van der Waals surface area contributed by atoms with Crippen LogP contribution in [0.15, 0.2) is 12.4 Å². The van der Waals surface area contributed by atoms with Crippen LogP contribution in [-0.2, 0) is 11.2 Å². The van der Waals surface area contributed by atoms with E-state index in [1.165, 1.54) is 0 Å². The van der Waals surface area contributed by atoms with Crippen LogP contribution in [0.2, 0.25) is 0 Å². The highest BCUT2D eigenvalue weighted by Crippen LogP contribution is 2.04. The van der Waals surface area contributed by atoms with E-state index < -0.39 is 11.9 Å². The number of aromatic amines is 1. The van der Waals surface area contributed by atoms with E-state index in [4.69, 9.17) is 5.11 Å². The van der Waals surface area contributed by atoms with Crippen molar-refractivity contribution in [2.24, 2.45) is 5.92 Å². The van der Waals surface area contributed by atoms with Crippen molar-refractivity contribution >= 4 is 12.0 Å². The number of carbonyl (C=O) groups is 2. The molecule has 1 unspecified atom stereocenters. The van der Waals surface area contributed by atoms with Crippen molar-refractivity contribution < 1.29 is 14.7 Å². The molecule has 7 nitrogen and oxygen atoms in total. The molecule has 0 saturated carbocycles. The molecule has 0 saturated heterocycles. The van der Waals surface area contributed by atoms with Gasteiger partial charge in [-0.05, 0) is 6.42 Å². The molecule has 4 N–H and O–H groups in total. The Morgan fingerprint density at radius 1 is 1.47 bits per heavy atom. The number of hydrogen-bond donors (Lipinski definition) is 4. The zero-order chi connectivity index (χ0) is 14.1. The molecule has 0 aliphatic heterocycles. The molecule has 19 heavy (non-hydrogen) atoms. The van der Waals surface area contributed by atoms with Gasteiger partial charge in [0.1, 0.15) is 5.82 Å². The number of hydrogen-bond acceptors (Lipinski definition) is 3. The lowest BCUT2D eigenvalue weighted by atomic mass is 10.0. The molecule has 2 amide bonds. The van der Waals surface area contributed by atoms with E-state index in [1.54, 1.807) is 12.4 Å². The minimum atomic E-state index is -0.877. The fourth-order valence-corrected chi connectivity index (χ4v) is 1.67. The minimum Gasteiger partial charge on any atom is -0.481 e. The van der Waals surface area contributed by atoms with Gasteiger partial charge < -0.3 is 20.7 Å². The zero-order valence-corrected chi connectivity index (χ0v) is 11.0. The fraction of sp³-hybridized carbons (Fsp3) is 0.583. The SMILES string of the molecule is CCCC(CNC(=O)NCCc1ncc[nH]1)C(=O)O. The van der Waals surface area contributed by atoms with Crippen molar-refractivity contribution in [2.45, 2.75) is 26.2 Å². The van der Waals surface area contributed by atoms with Crippen LogP contribution < -0.4 is 10.6 Å². The van der Waals surface area contributed by atoms with Gasteiger partial charge in [0.15, 0.2) is 0 Å². The molecule has 0 aromatic carbocycles. The van der Waals surface area contributed by atoms with E-state index >= 15 is 0 Å². The average Bonchev–Trinajstić information content (AvgIpc) is 2.87. The highest BCUT2D eigenvalue weighted by Gasteiger charge is 2.16. The Balaban J connectivity index is 2.17. The van der Waals surface area contributed by atoms with Crippen LogP contribution in [0.4, 0.5) is 4.79 Å². The lowest BCUT2D eigenvalue weighted by Gasteiger charge is -2.12. The summed E-state index contributed by atoms with van der Waals surface area (Å²) in [4.78, 5) is 29.3. The third-order valence-corrected chi connectivity index (χ3v) is 2.70. The van der Waals surface area contributed by atoms with Gasteiger partial charge in [-0.3, -0.25) is 4.79 Å². The summed E-state index contributed by atoms with van der Waals surface area (Å²) in [5, 5.41) is 14.2. The summed E-state index contributed by atoms with van der Waals surface area (Å²) in [5.41, 5.74) is 0. The quantitative estimate of drug-likeness (QED) is 0.558. The first-order valence-corrected chi connectivity index (χ1v) is 6.36. The number of aliphatic carboxylic acids is 1. The maximum absolute atomic E-state index is 11.5. The van der Waals surface area contributed by atoms with Crippen LogP contribution in [0.5, 0.6) is 0 Å². The number of urea groups is 1. The van der Waals surface area contributed by atoms with E-state index in [0.29, 0.717) is 19.4 Å². The second kappa shape index (κ2) is 8.12. The predicted molar refractivity (Wildman–Crippen MR) is 69.7 cm³/mol. The van der Waals surface area contributed by atoms with Gasteiger partial charge in [-0.2, -0.15) is 0 Å². The number of nitrogens with one attached hydrogen (secondary N) is 3. The van der Waals surface area contributed by atoms with Crippen molar-refractivity contribution in [1.82, 2.24) is 20.6 Å². The molecule has 1 rings (SSSR count). The van der Waals surface area contributed by atoms with E-state index in [-0.39, 0.29) is 12.6 Å². The van der Waals surface area contributed by atoms with Crippen LogP contribution >= 0.6 is 0 Å². The molecule has 0 aliphatic rings. The summed E-state index contributed by atoms with van der Waals surface area (Å²) in [6.07, 6.45) is 5.31. The third-order valence-electron chi connectivity index (χ3n) is 2.70. The largest absolute Gasteiger partial charge is 0.481 e. The van der Waals surface area contributed by atoms with Gasteiger partial charge in [0.05, 0.1) is 5.92 Å². The number of amides is 2. The van der Waals surface area contributed by atoms with Crippen LogP contribution in [0.25, 0.3) is 0 Å². The van der Waals surface area contributed by atoms with E-state index in [1.807, 2.05) is 6.92 Å². The molecule has 0 radical (unpaired) electrons. The molecular formula is C12H20N4O3. The number of carboxylic acids is 1. The number of rotatable bonds is 8. The molecule has 1 atom stereocenters. The van der Waals surface area contributed by atoms with Gasteiger partial charge >= 0.3 is 12.0 Å². The highest BCUT2D eigenvalue weighted by atomic mass is 16.4. The van der Waals surface area contributed by atoms with Gasteiger partial charge in [0, 0.05) is 31.9 Å². The van der Waals surface area contributed by atoms with Crippen molar-refractivity contribution in [3.8, 4) is 0 Å².